The number of hydrogen-bond donors (Lipinski definition) is 2. The van der Waals surface area contributed by atoms with Crippen LogP contribution in [-0.4, -0.2) is 11.1 Å². The lowest BCUT2D eigenvalue weighted by Gasteiger charge is -2.10. The van der Waals surface area contributed by atoms with Gasteiger partial charge < -0.3 is 9.83 Å². The highest BCUT2D eigenvalue weighted by Crippen LogP contribution is 2.25. The van der Waals surface area contributed by atoms with Crippen LogP contribution in [0.25, 0.3) is 6.08 Å². The van der Waals surface area contributed by atoms with Crippen LogP contribution in [0.4, 0.5) is 0 Å². The summed E-state index contributed by atoms with van der Waals surface area (Å²) in [5.41, 5.74) is 1.27. The van der Waals surface area contributed by atoms with Crippen molar-refractivity contribution in [3.05, 3.63) is 35.5 Å². The molecule has 0 saturated heterocycles. The molecule has 0 unspecified atom stereocenters. The lowest BCUT2D eigenvalue weighted by molar-refractivity contribution is 0.0697. The molecule has 0 radical (unpaired) electrons. The van der Waals surface area contributed by atoms with E-state index < -0.39 is 5.97 Å². The van der Waals surface area contributed by atoms with E-state index in [1.54, 1.807) is 24.4 Å². The Kier molecular flexibility index (Phi) is 3.43. The summed E-state index contributed by atoms with van der Waals surface area (Å²) in [6.45, 7) is 0. The third-order valence-electron chi connectivity index (χ3n) is 1.76. The van der Waals surface area contributed by atoms with E-state index in [9.17, 15) is 4.79 Å². The molecule has 1 aliphatic rings. The molecular weight excluding hydrogens is 222 g/mol. The van der Waals surface area contributed by atoms with Gasteiger partial charge in [-0.05, 0) is 41.8 Å². The Bertz CT molecular complexity index is 392. The quantitative estimate of drug-likeness (QED) is 0.726. The zero-order chi connectivity index (χ0) is 9.26. The Hall–Kier alpha value is -1.13. The van der Waals surface area contributed by atoms with Crippen molar-refractivity contribution < 1.29 is 9.90 Å². The zero-order valence-corrected chi connectivity index (χ0v) is 8.69. The molecule has 3 nitrogen and oxygen atoms in total. The first-order chi connectivity index (χ1) is 6.27. The Morgan fingerprint density at radius 2 is 2.21 bits per heavy atom. The number of rotatable bonds is 1. The van der Waals surface area contributed by atoms with Crippen LogP contribution < -0.4 is 4.72 Å². The second-order valence-corrected chi connectivity index (χ2v) is 3.49. The minimum atomic E-state index is -0.889. The molecule has 0 amide bonds. The van der Waals surface area contributed by atoms with E-state index in [-0.39, 0.29) is 12.4 Å². The molecule has 5 heteroatoms. The highest BCUT2D eigenvalue weighted by Gasteiger charge is 2.08. The van der Waals surface area contributed by atoms with Crippen molar-refractivity contribution in [3.63, 3.8) is 0 Å². The van der Waals surface area contributed by atoms with Gasteiger partial charge in [0.1, 0.15) is 0 Å². The molecule has 1 aromatic carbocycles. The van der Waals surface area contributed by atoms with E-state index in [4.69, 9.17) is 5.11 Å². The molecular formula is C9H8ClNO2S. The maximum atomic E-state index is 10.6. The largest absolute Gasteiger partial charge is 0.478 e. The molecule has 1 aliphatic heterocycles. The average Bonchev–Trinajstić information content (AvgIpc) is 2.17. The molecule has 0 aromatic heterocycles. The number of carbonyl (C=O) groups is 1. The number of carboxylic acids is 1. The van der Waals surface area contributed by atoms with Crippen LogP contribution in [0.2, 0.25) is 0 Å². The number of carboxylic acid groups (broad SMARTS) is 1. The first-order valence-electron chi connectivity index (χ1n) is 3.73. The van der Waals surface area contributed by atoms with Gasteiger partial charge in [0.2, 0.25) is 0 Å². The Morgan fingerprint density at radius 3 is 2.93 bits per heavy atom. The molecule has 74 valence electrons. The SMILES string of the molecule is Cl.O=C(O)c1ccc2c(c1)C=CNS2. The van der Waals surface area contributed by atoms with E-state index in [1.807, 2.05) is 6.08 Å². The second-order valence-electron chi connectivity index (χ2n) is 2.61. The van der Waals surface area contributed by atoms with Crippen molar-refractivity contribution in [3.8, 4) is 0 Å². The van der Waals surface area contributed by atoms with Gasteiger partial charge in [-0.3, -0.25) is 0 Å². The average molecular weight is 230 g/mol. The number of aromatic carboxylic acids is 1. The third kappa shape index (κ3) is 2.02. The molecule has 1 aromatic rings. The van der Waals surface area contributed by atoms with Crippen LogP contribution in [0.5, 0.6) is 0 Å². The topological polar surface area (TPSA) is 49.3 Å². The van der Waals surface area contributed by atoms with Crippen molar-refractivity contribution in [1.29, 1.82) is 0 Å². The van der Waals surface area contributed by atoms with Crippen LogP contribution in [0.1, 0.15) is 15.9 Å². The van der Waals surface area contributed by atoms with Gasteiger partial charge in [-0.15, -0.1) is 12.4 Å². The van der Waals surface area contributed by atoms with Gasteiger partial charge in [-0.2, -0.15) is 0 Å². The number of hydrogen-bond acceptors (Lipinski definition) is 3. The zero-order valence-electron chi connectivity index (χ0n) is 7.06. The molecule has 1 heterocycles. The minimum absolute atomic E-state index is 0. The molecule has 0 fully saturated rings. The first kappa shape index (κ1) is 10.9. The Balaban J connectivity index is 0.000000980. The van der Waals surface area contributed by atoms with Crippen molar-refractivity contribution in [2.45, 2.75) is 4.90 Å². The lowest BCUT2D eigenvalue weighted by atomic mass is 10.1. The third-order valence-corrected chi connectivity index (χ3v) is 2.60. The minimum Gasteiger partial charge on any atom is -0.478 e. The summed E-state index contributed by atoms with van der Waals surface area (Å²) < 4.78 is 2.98. The highest BCUT2D eigenvalue weighted by atomic mass is 35.5. The molecule has 2 rings (SSSR count). The number of benzene rings is 1. The van der Waals surface area contributed by atoms with Gasteiger partial charge in [0.05, 0.1) is 5.56 Å². The maximum absolute atomic E-state index is 10.6. The standard InChI is InChI=1S/C9H7NO2S.ClH/c11-9(12)7-1-2-8-6(5-7)3-4-10-13-8;/h1-5,10H,(H,11,12);1H. The Labute approximate surface area is 91.7 Å². The number of halogens is 1. The van der Waals surface area contributed by atoms with Gasteiger partial charge in [-0.1, -0.05) is 0 Å². The van der Waals surface area contributed by atoms with Crippen LogP contribution in [-0.2, 0) is 0 Å². The van der Waals surface area contributed by atoms with Crippen LogP contribution in [0, 0.1) is 0 Å². The predicted octanol–water partition coefficient (Wildman–Crippen LogP) is 2.39. The summed E-state index contributed by atoms with van der Waals surface area (Å²) >= 11 is 1.48. The monoisotopic (exact) mass is 229 g/mol. The summed E-state index contributed by atoms with van der Waals surface area (Å²) in [6.07, 6.45) is 3.65. The van der Waals surface area contributed by atoms with E-state index in [0.29, 0.717) is 5.56 Å². The molecule has 14 heavy (non-hydrogen) atoms. The number of fused-ring (bicyclic) bond motifs is 1. The van der Waals surface area contributed by atoms with E-state index in [0.717, 1.165) is 10.5 Å². The van der Waals surface area contributed by atoms with E-state index in [1.165, 1.54) is 11.9 Å². The van der Waals surface area contributed by atoms with Gasteiger partial charge in [0.15, 0.2) is 0 Å². The summed E-state index contributed by atoms with van der Waals surface area (Å²) in [5, 5.41) is 8.74. The molecule has 0 atom stereocenters. The maximum Gasteiger partial charge on any atom is 0.335 e. The van der Waals surface area contributed by atoms with Crippen molar-refractivity contribution in [1.82, 2.24) is 4.72 Å². The fourth-order valence-electron chi connectivity index (χ4n) is 1.13. The molecule has 0 aliphatic carbocycles. The fourth-order valence-corrected chi connectivity index (χ4v) is 1.77. The first-order valence-corrected chi connectivity index (χ1v) is 4.55. The van der Waals surface area contributed by atoms with Crippen LogP contribution in [0.3, 0.4) is 0 Å². The van der Waals surface area contributed by atoms with E-state index in [2.05, 4.69) is 4.72 Å². The Morgan fingerprint density at radius 1 is 1.43 bits per heavy atom. The number of nitrogens with one attached hydrogen (secondary N) is 1. The fraction of sp³-hybridized carbons (Fsp3) is 0. The van der Waals surface area contributed by atoms with Gasteiger partial charge >= 0.3 is 5.97 Å². The molecule has 0 bridgehead atoms. The van der Waals surface area contributed by atoms with Crippen molar-refractivity contribution in [2.75, 3.05) is 0 Å². The van der Waals surface area contributed by atoms with E-state index >= 15 is 0 Å². The van der Waals surface area contributed by atoms with Crippen molar-refractivity contribution in [2.24, 2.45) is 0 Å². The van der Waals surface area contributed by atoms with Crippen LogP contribution >= 0.6 is 24.4 Å². The molecule has 0 spiro atoms. The van der Waals surface area contributed by atoms with Crippen molar-refractivity contribution >= 4 is 36.4 Å². The second kappa shape index (κ2) is 4.39. The smallest absolute Gasteiger partial charge is 0.335 e. The summed E-state index contributed by atoms with van der Waals surface area (Å²) in [4.78, 5) is 11.7. The normalized spacial score (nSPS) is 12.3. The predicted molar refractivity (Wildman–Crippen MR) is 58.7 cm³/mol. The summed E-state index contributed by atoms with van der Waals surface area (Å²) in [5.74, 6) is -0.889. The lowest BCUT2D eigenvalue weighted by Crippen LogP contribution is -2.01. The highest BCUT2D eigenvalue weighted by molar-refractivity contribution is 7.97. The summed E-state index contributed by atoms with van der Waals surface area (Å²) in [7, 11) is 0. The van der Waals surface area contributed by atoms with Gasteiger partial charge in [0, 0.05) is 11.1 Å². The van der Waals surface area contributed by atoms with Crippen LogP contribution in [0.15, 0.2) is 29.3 Å². The molecule has 0 saturated carbocycles. The molecule has 2 N–H and O–H groups in total. The van der Waals surface area contributed by atoms with Gasteiger partial charge in [0.25, 0.3) is 0 Å². The van der Waals surface area contributed by atoms with Gasteiger partial charge in [-0.25, -0.2) is 4.79 Å². The summed E-state index contributed by atoms with van der Waals surface area (Å²) in [6, 6.07) is 5.08.